The number of nitrogens with one attached hydrogen (secondary N) is 1. The summed E-state index contributed by atoms with van der Waals surface area (Å²) in [7, 11) is 0. The second-order valence-electron chi connectivity index (χ2n) is 6.24. The molecule has 1 fully saturated rings. The number of carbonyl (C=O) groups is 1. The summed E-state index contributed by atoms with van der Waals surface area (Å²) in [5, 5.41) is 12.6. The lowest BCUT2D eigenvalue weighted by atomic mass is 9.81. The fraction of sp³-hybridized carbons (Fsp3) is 0.611. The van der Waals surface area contributed by atoms with Gasteiger partial charge in [-0.25, -0.2) is 0 Å². The maximum Gasteiger partial charge on any atom is 0.220 e. The minimum atomic E-state index is -0.183. The fourth-order valence-electron chi connectivity index (χ4n) is 2.83. The first kappa shape index (κ1) is 17.0. The molecule has 1 saturated heterocycles. The molecule has 2 N–H and O–H groups in total. The molecule has 0 saturated carbocycles. The molecule has 1 aromatic rings. The Morgan fingerprint density at radius 2 is 1.91 bits per heavy atom. The number of rotatable bonds is 8. The highest BCUT2D eigenvalue weighted by molar-refractivity contribution is 5.75. The van der Waals surface area contributed by atoms with E-state index in [1.165, 1.54) is 5.56 Å². The zero-order chi connectivity index (χ0) is 15.7. The van der Waals surface area contributed by atoms with Crippen molar-refractivity contribution in [1.29, 1.82) is 0 Å². The number of aryl methyl sites for hydroxylation is 1. The van der Waals surface area contributed by atoms with E-state index in [0.29, 0.717) is 26.2 Å². The van der Waals surface area contributed by atoms with Crippen LogP contribution < -0.4 is 5.32 Å². The van der Waals surface area contributed by atoms with Gasteiger partial charge in [0.2, 0.25) is 5.91 Å². The highest BCUT2D eigenvalue weighted by Crippen LogP contribution is 2.28. The number of aliphatic hydroxyl groups is 1. The summed E-state index contributed by atoms with van der Waals surface area (Å²) in [6.07, 6.45) is 5.14. The average Bonchev–Trinajstić information content (AvgIpc) is 2.59. The summed E-state index contributed by atoms with van der Waals surface area (Å²) >= 11 is 0. The van der Waals surface area contributed by atoms with E-state index in [2.05, 4.69) is 17.4 Å². The van der Waals surface area contributed by atoms with Crippen LogP contribution in [-0.2, 0) is 16.0 Å². The molecule has 4 heteroatoms. The zero-order valence-corrected chi connectivity index (χ0v) is 13.2. The second kappa shape index (κ2) is 8.91. The SMILES string of the molecule is O=C(CCCCc1ccccc1)NCC1(CO)CCOCC1. The van der Waals surface area contributed by atoms with E-state index in [-0.39, 0.29) is 17.9 Å². The molecule has 1 aliphatic rings. The highest BCUT2D eigenvalue weighted by atomic mass is 16.5. The van der Waals surface area contributed by atoms with Crippen molar-refractivity contribution in [3.8, 4) is 0 Å². The lowest BCUT2D eigenvalue weighted by molar-refractivity contribution is -0.122. The molecule has 0 atom stereocenters. The van der Waals surface area contributed by atoms with Gasteiger partial charge in [-0.2, -0.15) is 0 Å². The van der Waals surface area contributed by atoms with Gasteiger partial charge in [0.25, 0.3) is 0 Å². The number of unbranched alkanes of at least 4 members (excludes halogenated alkanes) is 1. The van der Waals surface area contributed by atoms with Crippen molar-refractivity contribution in [3.05, 3.63) is 35.9 Å². The Morgan fingerprint density at radius 1 is 1.18 bits per heavy atom. The van der Waals surface area contributed by atoms with Gasteiger partial charge in [-0.05, 0) is 37.7 Å². The van der Waals surface area contributed by atoms with Crippen LogP contribution in [0.25, 0.3) is 0 Å². The van der Waals surface area contributed by atoms with E-state index in [1.54, 1.807) is 0 Å². The normalized spacial score (nSPS) is 17.1. The molecule has 1 aliphatic heterocycles. The summed E-state index contributed by atoms with van der Waals surface area (Å²) in [6.45, 7) is 2.02. The molecule has 0 radical (unpaired) electrons. The van der Waals surface area contributed by atoms with Crippen molar-refractivity contribution in [2.45, 2.75) is 38.5 Å². The maximum absolute atomic E-state index is 11.9. The van der Waals surface area contributed by atoms with E-state index in [1.807, 2.05) is 18.2 Å². The molecule has 1 heterocycles. The Labute approximate surface area is 132 Å². The number of benzene rings is 1. The molecular weight excluding hydrogens is 278 g/mol. The van der Waals surface area contributed by atoms with Crippen molar-refractivity contribution >= 4 is 5.91 Å². The maximum atomic E-state index is 11.9. The van der Waals surface area contributed by atoms with Crippen molar-refractivity contribution in [3.63, 3.8) is 0 Å². The number of aliphatic hydroxyl groups excluding tert-OH is 1. The van der Waals surface area contributed by atoms with Gasteiger partial charge in [-0.1, -0.05) is 30.3 Å². The Balaban J connectivity index is 1.61. The number of ether oxygens (including phenoxy) is 1. The molecule has 4 nitrogen and oxygen atoms in total. The van der Waals surface area contributed by atoms with E-state index in [4.69, 9.17) is 4.74 Å². The van der Waals surface area contributed by atoms with E-state index in [0.717, 1.165) is 32.1 Å². The Bertz CT molecular complexity index is 441. The monoisotopic (exact) mass is 305 g/mol. The lowest BCUT2D eigenvalue weighted by Crippen LogP contribution is -2.43. The standard InChI is InChI=1S/C18H27NO3/c20-15-18(10-12-22-13-11-18)14-19-17(21)9-5-4-8-16-6-2-1-3-7-16/h1-3,6-7,20H,4-5,8-15H2,(H,19,21). The van der Waals surface area contributed by atoms with E-state index < -0.39 is 0 Å². The first-order valence-electron chi connectivity index (χ1n) is 8.23. The van der Waals surface area contributed by atoms with Crippen LogP contribution in [0.3, 0.4) is 0 Å². The zero-order valence-electron chi connectivity index (χ0n) is 13.2. The van der Waals surface area contributed by atoms with E-state index in [9.17, 15) is 9.90 Å². The number of carbonyl (C=O) groups excluding carboxylic acids is 1. The largest absolute Gasteiger partial charge is 0.396 e. The first-order valence-corrected chi connectivity index (χ1v) is 8.23. The van der Waals surface area contributed by atoms with Crippen LogP contribution in [0.5, 0.6) is 0 Å². The third-order valence-corrected chi connectivity index (χ3v) is 4.51. The molecular formula is C18H27NO3. The third kappa shape index (κ3) is 5.43. The van der Waals surface area contributed by atoms with E-state index >= 15 is 0 Å². The molecule has 2 rings (SSSR count). The summed E-state index contributed by atoms with van der Waals surface area (Å²) in [5.41, 5.74) is 1.14. The van der Waals surface area contributed by atoms with Crippen LogP contribution in [-0.4, -0.2) is 37.4 Å². The topological polar surface area (TPSA) is 58.6 Å². The Morgan fingerprint density at radius 3 is 2.59 bits per heavy atom. The lowest BCUT2D eigenvalue weighted by Gasteiger charge is -2.35. The predicted octanol–water partition coefficient (Wildman–Crippen LogP) is 2.30. The number of amides is 1. The molecule has 0 unspecified atom stereocenters. The smallest absolute Gasteiger partial charge is 0.220 e. The Kier molecular flexibility index (Phi) is 6.87. The minimum absolute atomic E-state index is 0.0902. The summed E-state index contributed by atoms with van der Waals surface area (Å²) in [6, 6.07) is 10.4. The van der Waals surface area contributed by atoms with Gasteiger partial charge >= 0.3 is 0 Å². The van der Waals surface area contributed by atoms with Crippen molar-refractivity contribution < 1.29 is 14.6 Å². The van der Waals surface area contributed by atoms with Crippen molar-refractivity contribution in [1.82, 2.24) is 5.32 Å². The van der Waals surface area contributed by atoms with Gasteiger partial charge in [0.05, 0.1) is 6.61 Å². The Hall–Kier alpha value is -1.39. The van der Waals surface area contributed by atoms with Crippen LogP contribution in [0.4, 0.5) is 0 Å². The third-order valence-electron chi connectivity index (χ3n) is 4.51. The fourth-order valence-corrected chi connectivity index (χ4v) is 2.83. The van der Waals surface area contributed by atoms with Gasteiger partial charge < -0.3 is 15.2 Å². The molecule has 22 heavy (non-hydrogen) atoms. The van der Waals surface area contributed by atoms with Gasteiger partial charge in [-0.15, -0.1) is 0 Å². The summed E-state index contributed by atoms with van der Waals surface area (Å²) in [4.78, 5) is 11.9. The van der Waals surface area contributed by atoms with Gasteiger partial charge in [0.1, 0.15) is 0 Å². The molecule has 0 aromatic heterocycles. The van der Waals surface area contributed by atoms with Crippen LogP contribution >= 0.6 is 0 Å². The molecule has 0 spiro atoms. The second-order valence-corrected chi connectivity index (χ2v) is 6.24. The van der Waals surface area contributed by atoms with Crippen LogP contribution in [0.2, 0.25) is 0 Å². The molecule has 122 valence electrons. The quantitative estimate of drug-likeness (QED) is 0.725. The van der Waals surface area contributed by atoms with Crippen molar-refractivity contribution in [2.75, 3.05) is 26.4 Å². The summed E-state index contributed by atoms with van der Waals surface area (Å²) in [5.74, 6) is 0.0902. The average molecular weight is 305 g/mol. The van der Waals surface area contributed by atoms with Gasteiger partial charge in [0.15, 0.2) is 0 Å². The van der Waals surface area contributed by atoms with Gasteiger partial charge in [0, 0.05) is 31.6 Å². The summed E-state index contributed by atoms with van der Waals surface area (Å²) < 4.78 is 5.33. The van der Waals surface area contributed by atoms with Crippen molar-refractivity contribution in [2.24, 2.45) is 5.41 Å². The van der Waals surface area contributed by atoms with Gasteiger partial charge in [-0.3, -0.25) is 4.79 Å². The molecule has 1 amide bonds. The minimum Gasteiger partial charge on any atom is -0.396 e. The number of hydrogen-bond donors (Lipinski definition) is 2. The highest BCUT2D eigenvalue weighted by Gasteiger charge is 2.32. The molecule has 0 aliphatic carbocycles. The number of hydrogen-bond acceptors (Lipinski definition) is 3. The van der Waals surface area contributed by atoms with Crippen LogP contribution in [0.1, 0.15) is 37.7 Å². The molecule has 1 aromatic carbocycles. The van der Waals surface area contributed by atoms with Crippen LogP contribution in [0.15, 0.2) is 30.3 Å². The van der Waals surface area contributed by atoms with Crippen LogP contribution in [0, 0.1) is 5.41 Å². The molecule has 0 bridgehead atoms. The first-order chi connectivity index (χ1) is 10.7. The predicted molar refractivity (Wildman–Crippen MR) is 86.6 cm³/mol.